The summed E-state index contributed by atoms with van der Waals surface area (Å²) in [6, 6.07) is -0.100. The van der Waals surface area contributed by atoms with Crippen molar-refractivity contribution >= 4 is 22.8 Å². The number of allylic oxidation sites excluding steroid dienone is 1. The van der Waals surface area contributed by atoms with Crippen molar-refractivity contribution in [3.05, 3.63) is 33.0 Å². The van der Waals surface area contributed by atoms with Gasteiger partial charge in [-0.2, -0.15) is 10.1 Å². The van der Waals surface area contributed by atoms with Gasteiger partial charge in [0.15, 0.2) is 11.2 Å². The Kier molecular flexibility index (Phi) is 4.14. The van der Waals surface area contributed by atoms with Crippen LogP contribution in [0.3, 0.4) is 0 Å². The zero-order valence-electron chi connectivity index (χ0n) is 15.4. The molecule has 0 saturated heterocycles. The summed E-state index contributed by atoms with van der Waals surface area (Å²) in [6.07, 6.45) is 0.896. The highest BCUT2D eigenvalue weighted by Gasteiger charge is 2.30. The third-order valence-electron chi connectivity index (χ3n) is 4.52. The molecule has 25 heavy (non-hydrogen) atoms. The number of rotatable bonds is 4. The van der Waals surface area contributed by atoms with Crippen LogP contribution in [0.15, 0.2) is 26.8 Å². The maximum absolute atomic E-state index is 13.1. The monoisotopic (exact) mass is 344 g/mol. The van der Waals surface area contributed by atoms with E-state index in [1.165, 1.54) is 9.13 Å². The quantitative estimate of drug-likeness (QED) is 0.790. The molecule has 0 spiro atoms. The number of fused-ring (bicyclic) bond motifs is 3. The van der Waals surface area contributed by atoms with Gasteiger partial charge in [0.1, 0.15) is 0 Å². The number of nitrogens with zero attached hydrogens (tertiary/aromatic N) is 6. The summed E-state index contributed by atoms with van der Waals surface area (Å²) < 4.78 is 4.54. The number of imidazole rings is 1. The minimum absolute atomic E-state index is 0.100. The van der Waals surface area contributed by atoms with Crippen molar-refractivity contribution in [2.45, 2.75) is 46.7 Å². The molecule has 0 N–H and O–H groups in total. The van der Waals surface area contributed by atoms with Crippen LogP contribution in [0.2, 0.25) is 0 Å². The van der Waals surface area contributed by atoms with Crippen LogP contribution in [0.5, 0.6) is 0 Å². The van der Waals surface area contributed by atoms with E-state index in [1.54, 1.807) is 14.0 Å². The number of aryl methyl sites for hydroxylation is 1. The molecule has 0 saturated carbocycles. The predicted octanol–water partition coefficient (Wildman–Crippen LogP) is 1.64. The molecule has 134 valence electrons. The molecule has 0 aliphatic carbocycles. The molecule has 0 aromatic carbocycles. The van der Waals surface area contributed by atoms with Gasteiger partial charge in [-0.05, 0) is 27.2 Å². The Labute approximate surface area is 145 Å². The van der Waals surface area contributed by atoms with Gasteiger partial charge in [0.25, 0.3) is 5.56 Å². The summed E-state index contributed by atoms with van der Waals surface area (Å²) in [5.74, 6) is 0.607. The van der Waals surface area contributed by atoms with Crippen molar-refractivity contribution in [1.82, 2.24) is 18.7 Å². The van der Waals surface area contributed by atoms with Crippen LogP contribution in [0, 0.1) is 0 Å². The van der Waals surface area contributed by atoms with Gasteiger partial charge in [0.2, 0.25) is 5.95 Å². The Hall–Kier alpha value is -2.64. The average Bonchev–Trinajstić information content (AvgIpc) is 2.95. The molecule has 8 nitrogen and oxygen atoms in total. The van der Waals surface area contributed by atoms with Gasteiger partial charge < -0.3 is 0 Å². The molecule has 3 rings (SSSR count). The summed E-state index contributed by atoms with van der Waals surface area (Å²) in [5.41, 5.74) is 1.75. The lowest BCUT2D eigenvalue weighted by Gasteiger charge is -2.28. The second kappa shape index (κ2) is 6.02. The van der Waals surface area contributed by atoms with Crippen LogP contribution in [-0.2, 0) is 13.6 Å². The van der Waals surface area contributed by atoms with E-state index in [2.05, 4.69) is 23.6 Å². The molecule has 2 aromatic rings. The molecule has 1 aliphatic heterocycles. The summed E-state index contributed by atoms with van der Waals surface area (Å²) in [7, 11) is 1.64. The average molecular weight is 344 g/mol. The van der Waals surface area contributed by atoms with E-state index in [-0.39, 0.29) is 23.8 Å². The molecule has 0 bridgehead atoms. The second-order valence-corrected chi connectivity index (χ2v) is 6.68. The smallest absolute Gasteiger partial charge is 0.294 e. The summed E-state index contributed by atoms with van der Waals surface area (Å²) in [4.78, 5) is 30.3. The Morgan fingerprint density at radius 1 is 1.32 bits per heavy atom. The highest BCUT2D eigenvalue weighted by Crippen LogP contribution is 2.29. The first-order chi connectivity index (χ1) is 11.8. The maximum atomic E-state index is 13.1. The predicted molar refractivity (Wildman–Crippen MR) is 99.5 cm³/mol. The van der Waals surface area contributed by atoms with E-state index in [0.29, 0.717) is 23.7 Å². The zero-order valence-corrected chi connectivity index (χ0v) is 15.4. The number of aromatic nitrogens is 4. The fourth-order valence-corrected chi connectivity index (χ4v) is 3.15. The van der Waals surface area contributed by atoms with E-state index >= 15 is 0 Å². The Balaban J connectivity index is 2.40. The lowest BCUT2D eigenvalue weighted by Crippen LogP contribution is -2.40. The fraction of sp³-hybridized carbons (Fsp3) is 0.529. The molecule has 0 radical (unpaired) electrons. The van der Waals surface area contributed by atoms with Gasteiger partial charge in [-0.15, -0.1) is 0 Å². The normalized spacial score (nSPS) is 16.9. The lowest BCUT2D eigenvalue weighted by atomic mass is 10.2. The molecule has 3 heterocycles. The third kappa shape index (κ3) is 2.52. The number of hydrogen-bond donors (Lipinski definition) is 0. The van der Waals surface area contributed by atoms with E-state index in [4.69, 9.17) is 0 Å². The largest absolute Gasteiger partial charge is 0.332 e. The first-order valence-electron chi connectivity index (χ1n) is 8.46. The molecule has 1 aliphatic rings. The van der Waals surface area contributed by atoms with Gasteiger partial charge in [-0.1, -0.05) is 19.1 Å². The Bertz CT molecular complexity index is 1010. The number of hydrogen-bond acceptors (Lipinski definition) is 5. The topological polar surface area (TPSA) is 77.4 Å². The Morgan fingerprint density at radius 2 is 2.00 bits per heavy atom. The van der Waals surface area contributed by atoms with E-state index in [9.17, 15) is 9.59 Å². The highest BCUT2D eigenvalue weighted by atomic mass is 16.2. The second-order valence-electron chi connectivity index (χ2n) is 6.68. The van der Waals surface area contributed by atoms with Crippen LogP contribution in [-0.4, -0.2) is 30.9 Å². The van der Waals surface area contributed by atoms with Crippen molar-refractivity contribution in [3.63, 3.8) is 0 Å². The molecular weight excluding hydrogens is 320 g/mol. The van der Waals surface area contributed by atoms with Crippen molar-refractivity contribution in [3.8, 4) is 0 Å². The van der Waals surface area contributed by atoms with Gasteiger partial charge in [0.05, 0.1) is 18.3 Å². The van der Waals surface area contributed by atoms with Crippen LogP contribution in [0.25, 0.3) is 11.2 Å². The van der Waals surface area contributed by atoms with Crippen molar-refractivity contribution < 1.29 is 0 Å². The number of anilines is 1. The minimum Gasteiger partial charge on any atom is -0.294 e. The lowest BCUT2D eigenvalue weighted by molar-refractivity contribution is 0.622. The SMILES string of the molecule is C=C(C)Cn1c(=O)c2c(nc3n2[C@@H](C)C(C)=NN3CCC)n(C)c1=O. The zero-order chi connectivity index (χ0) is 18.5. The summed E-state index contributed by atoms with van der Waals surface area (Å²) in [5, 5.41) is 6.41. The van der Waals surface area contributed by atoms with Gasteiger partial charge >= 0.3 is 5.69 Å². The van der Waals surface area contributed by atoms with E-state index in [0.717, 1.165) is 17.7 Å². The third-order valence-corrected chi connectivity index (χ3v) is 4.52. The van der Waals surface area contributed by atoms with Crippen molar-refractivity contribution in [1.29, 1.82) is 0 Å². The van der Waals surface area contributed by atoms with E-state index < -0.39 is 0 Å². The fourth-order valence-electron chi connectivity index (χ4n) is 3.15. The first-order valence-corrected chi connectivity index (χ1v) is 8.46. The molecule has 0 amide bonds. The Morgan fingerprint density at radius 3 is 2.60 bits per heavy atom. The van der Waals surface area contributed by atoms with Crippen LogP contribution in [0.1, 0.15) is 40.2 Å². The van der Waals surface area contributed by atoms with Crippen LogP contribution in [0.4, 0.5) is 5.95 Å². The van der Waals surface area contributed by atoms with Crippen molar-refractivity contribution in [2.24, 2.45) is 12.1 Å². The standard InChI is InChI=1S/C17H24N6O2/c1-7-8-22-16-18-14-13(23(16)12(5)11(4)19-22)15(24)21(9-10(2)3)17(25)20(14)6/h12H,2,7-9H2,1,3-6H3/t12-/m0/s1. The van der Waals surface area contributed by atoms with Crippen LogP contribution < -0.4 is 16.3 Å². The number of hydrazone groups is 1. The molecular formula is C17H24N6O2. The maximum Gasteiger partial charge on any atom is 0.332 e. The summed E-state index contributed by atoms with van der Waals surface area (Å²) >= 11 is 0. The van der Waals surface area contributed by atoms with Gasteiger partial charge in [0, 0.05) is 13.6 Å². The highest BCUT2D eigenvalue weighted by molar-refractivity contribution is 5.91. The molecule has 0 unspecified atom stereocenters. The van der Waals surface area contributed by atoms with Crippen LogP contribution >= 0.6 is 0 Å². The molecule has 0 fully saturated rings. The first kappa shape index (κ1) is 17.2. The molecule has 8 heteroatoms. The van der Waals surface area contributed by atoms with Gasteiger partial charge in [-0.3, -0.25) is 18.5 Å². The molecule has 1 atom stereocenters. The van der Waals surface area contributed by atoms with E-state index in [1.807, 2.05) is 23.4 Å². The van der Waals surface area contributed by atoms with Crippen molar-refractivity contribution in [2.75, 3.05) is 11.6 Å². The summed E-state index contributed by atoms with van der Waals surface area (Å²) in [6.45, 7) is 12.5. The minimum atomic E-state index is -0.386. The molecule has 2 aromatic heterocycles. The van der Waals surface area contributed by atoms with Gasteiger partial charge in [-0.25, -0.2) is 9.80 Å².